The number of nitrogens with zero attached hydrogens (tertiary/aromatic N) is 1. The van der Waals surface area contributed by atoms with Crippen LogP contribution in [0.25, 0.3) is 0 Å². The molecule has 0 aliphatic rings. The lowest BCUT2D eigenvalue weighted by molar-refractivity contribution is 0.319. The van der Waals surface area contributed by atoms with Crippen LogP contribution < -0.4 is 0 Å². The van der Waals surface area contributed by atoms with Gasteiger partial charge in [-0.3, -0.25) is 0 Å². The van der Waals surface area contributed by atoms with Gasteiger partial charge in [-0.25, -0.2) is 0 Å². The SMILES string of the molecule is [2H]c1c([2H])c([2H])c(/C(C)=N/O)c([2H])c1[2H]. The average Bonchev–Trinajstić information content (AvgIpc) is 2.23. The highest BCUT2D eigenvalue weighted by atomic mass is 16.4. The van der Waals surface area contributed by atoms with Gasteiger partial charge in [-0.2, -0.15) is 0 Å². The Morgan fingerprint density at radius 1 is 1.50 bits per heavy atom. The van der Waals surface area contributed by atoms with Crippen LogP contribution in [0.15, 0.2) is 35.4 Å². The minimum atomic E-state index is -0.459. The fourth-order valence-electron chi connectivity index (χ4n) is 0.481. The fourth-order valence-corrected chi connectivity index (χ4v) is 0.481. The standard InChI is InChI=1S/C8H9NO/c1-7(9-10)8-5-3-2-4-6-8/h2-6,10H,1H3/b9-7+/i2D,3D,4D,5D,6D. The van der Waals surface area contributed by atoms with E-state index >= 15 is 0 Å². The molecule has 1 aromatic carbocycles. The van der Waals surface area contributed by atoms with Gasteiger partial charge in [0.25, 0.3) is 0 Å². The minimum Gasteiger partial charge on any atom is -0.411 e. The third kappa shape index (κ3) is 1.35. The van der Waals surface area contributed by atoms with Crippen molar-refractivity contribution in [3.8, 4) is 0 Å². The number of hydrogen-bond donors (Lipinski definition) is 1. The molecule has 0 atom stereocenters. The second-order valence-corrected chi connectivity index (χ2v) is 1.69. The molecule has 0 aromatic heterocycles. The second-order valence-electron chi connectivity index (χ2n) is 1.69. The summed E-state index contributed by atoms with van der Waals surface area (Å²) in [7, 11) is 0. The van der Waals surface area contributed by atoms with Gasteiger partial charge >= 0.3 is 0 Å². The molecule has 0 saturated carbocycles. The largest absolute Gasteiger partial charge is 0.411 e. The van der Waals surface area contributed by atoms with E-state index in [4.69, 9.17) is 12.1 Å². The monoisotopic (exact) mass is 140 g/mol. The number of oxime groups is 1. The fraction of sp³-hybridized carbons (Fsp3) is 0.125. The van der Waals surface area contributed by atoms with Crippen LogP contribution in [0, 0.1) is 0 Å². The Balaban J connectivity index is 3.67. The Morgan fingerprint density at radius 3 is 2.60 bits per heavy atom. The zero-order chi connectivity index (χ0) is 11.7. The van der Waals surface area contributed by atoms with Crippen LogP contribution in [0.4, 0.5) is 0 Å². The van der Waals surface area contributed by atoms with E-state index in [1.165, 1.54) is 6.92 Å². The molecule has 1 aromatic rings. The second kappa shape index (κ2) is 3.01. The Hall–Kier alpha value is -1.31. The molecular weight excluding hydrogens is 126 g/mol. The van der Waals surface area contributed by atoms with Crippen molar-refractivity contribution in [2.24, 2.45) is 5.16 Å². The Bertz CT molecular complexity index is 414. The summed E-state index contributed by atoms with van der Waals surface area (Å²) in [5, 5.41) is 11.4. The summed E-state index contributed by atoms with van der Waals surface area (Å²) in [6.45, 7) is 1.37. The maximum atomic E-state index is 8.54. The summed E-state index contributed by atoms with van der Waals surface area (Å²) in [5.41, 5.74) is -0.0875. The van der Waals surface area contributed by atoms with Gasteiger partial charge in [0, 0.05) is 0 Å². The summed E-state index contributed by atoms with van der Waals surface area (Å²) in [6, 6.07) is -2.06. The van der Waals surface area contributed by atoms with Crippen molar-refractivity contribution in [2.45, 2.75) is 6.92 Å². The summed E-state index contributed by atoms with van der Waals surface area (Å²) in [4.78, 5) is 0. The highest BCUT2D eigenvalue weighted by Gasteiger charge is 1.92. The zero-order valence-corrected chi connectivity index (χ0v) is 5.39. The predicted molar refractivity (Wildman–Crippen MR) is 40.4 cm³/mol. The van der Waals surface area contributed by atoms with E-state index in [0.717, 1.165) is 0 Å². The predicted octanol–water partition coefficient (Wildman–Crippen LogP) is 1.88. The molecule has 0 bridgehead atoms. The molecule has 2 heteroatoms. The Kier molecular flexibility index (Phi) is 0.826. The average molecular weight is 140 g/mol. The molecule has 0 heterocycles. The van der Waals surface area contributed by atoms with Crippen molar-refractivity contribution in [1.82, 2.24) is 0 Å². The van der Waals surface area contributed by atoms with Crippen molar-refractivity contribution in [2.75, 3.05) is 0 Å². The van der Waals surface area contributed by atoms with Crippen LogP contribution in [0.5, 0.6) is 0 Å². The Labute approximate surface area is 66.8 Å². The van der Waals surface area contributed by atoms with Crippen LogP contribution in [-0.4, -0.2) is 10.9 Å². The number of rotatable bonds is 1. The first kappa shape index (κ1) is 2.74. The van der Waals surface area contributed by atoms with Gasteiger partial charge < -0.3 is 5.21 Å². The Morgan fingerprint density at radius 2 is 2.10 bits per heavy atom. The van der Waals surface area contributed by atoms with Crippen LogP contribution in [-0.2, 0) is 0 Å². The molecule has 2 nitrogen and oxygen atoms in total. The first-order valence-corrected chi connectivity index (χ1v) is 2.67. The van der Waals surface area contributed by atoms with E-state index in [1.54, 1.807) is 0 Å². The molecule has 1 rings (SSSR count). The van der Waals surface area contributed by atoms with Crippen molar-refractivity contribution in [1.29, 1.82) is 0 Å². The van der Waals surface area contributed by atoms with Crippen LogP contribution in [0.2, 0.25) is 0 Å². The molecule has 0 fully saturated rings. The van der Waals surface area contributed by atoms with Crippen LogP contribution >= 0.6 is 0 Å². The van der Waals surface area contributed by atoms with E-state index < -0.39 is 18.1 Å². The number of hydrogen-bond acceptors (Lipinski definition) is 2. The molecule has 0 spiro atoms. The summed E-state index contributed by atoms with van der Waals surface area (Å²) in [5.74, 6) is 0. The third-order valence-electron chi connectivity index (χ3n) is 1.01. The first-order valence-electron chi connectivity index (χ1n) is 5.17. The first-order chi connectivity index (χ1) is 6.91. The summed E-state index contributed by atoms with van der Waals surface area (Å²) < 4.78 is 37.1. The van der Waals surface area contributed by atoms with Crippen molar-refractivity contribution in [3.63, 3.8) is 0 Å². The highest BCUT2D eigenvalue weighted by molar-refractivity contribution is 5.98. The van der Waals surface area contributed by atoms with Crippen LogP contribution in [0.1, 0.15) is 19.3 Å². The smallest absolute Gasteiger partial charge is 0.0836 e. The van der Waals surface area contributed by atoms with Crippen molar-refractivity contribution in [3.05, 3.63) is 35.8 Å². The van der Waals surface area contributed by atoms with Crippen LogP contribution in [0.3, 0.4) is 0 Å². The molecule has 10 heavy (non-hydrogen) atoms. The van der Waals surface area contributed by atoms with Gasteiger partial charge in [0.05, 0.1) is 12.6 Å². The molecule has 0 aliphatic heterocycles. The highest BCUT2D eigenvalue weighted by Crippen LogP contribution is 1.99. The minimum absolute atomic E-state index is 0.00741. The molecule has 52 valence electrons. The van der Waals surface area contributed by atoms with E-state index in [0.29, 0.717) is 0 Å². The summed E-state index contributed by atoms with van der Waals surface area (Å²) in [6.07, 6.45) is 0. The molecular formula is C8H9NO. The lowest BCUT2D eigenvalue weighted by Crippen LogP contribution is -1.92. The maximum Gasteiger partial charge on any atom is 0.0836 e. The van der Waals surface area contributed by atoms with Gasteiger partial charge in [0.1, 0.15) is 0 Å². The zero-order valence-electron chi connectivity index (χ0n) is 10.4. The van der Waals surface area contributed by atoms with Gasteiger partial charge in [-0.05, 0) is 12.5 Å². The number of benzene rings is 1. The lowest BCUT2D eigenvalue weighted by atomic mass is 10.1. The molecule has 0 saturated heterocycles. The normalized spacial score (nSPS) is 18.5. The molecule has 0 aliphatic carbocycles. The van der Waals surface area contributed by atoms with E-state index in [2.05, 4.69) is 5.16 Å². The van der Waals surface area contributed by atoms with Crippen molar-refractivity contribution < 1.29 is 12.1 Å². The van der Waals surface area contributed by atoms with Gasteiger partial charge in [-0.15, -0.1) is 0 Å². The van der Waals surface area contributed by atoms with E-state index in [-0.39, 0.29) is 23.4 Å². The van der Waals surface area contributed by atoms with Gasteiger partial charge in [-0.1, -0.05) is 35.4 Å². The van der Waals surface area contributed by atoms with E-state index in [9.17, 15) is 0 Å². The third-order valence-corrected chi connectivity index (χ3v) is 1.01. The molecule has 0 amide bonds. The summed E-state index contributed by atoms with van der Waals surface area (Å²) >= 11 is 0. The maximum absolute atomic E-state index is 8.54. The lowest BCUT2D eigenvalue weighted by Gasteiger charge is -1.94. The quantitative estimate of drug-likeness (QED) is 0.360. The van der Waals surface area contributed by atoms with Gasteiger partial charge in [0.2, 0.25) is 0 Å². The molecule has 1 N–H and O–H groups in total. The molecule has 0 unspecified atom stereocenters. The molecule has 0 radical (unpaired) electrons. The van der Waals surface area contributed by atoms with Crippen molar-refractivity contribution >= 4 is 5.71 Å². The topological polar surface area (TPSA) is 32.6 Å². The van der Waals surface area contributed by atoms with E-state index in [1.807, 2.05) is 0 Å². The van der Waals surface area contributed by atoms with Gasteiger partial charge in [0.15, 0.2) is 0 Å².